The summed E-state index contributed by atoms with van der Waals surface area (Å²) >= 11 is 0. The molecule has 2 aromatic carbocycles. The molecule has 0 unspecified atom stereocenters. The molecule has 6 nitrogen and oxygen atoms in total. The number of hydrogen-bond acceptors (Lipinski definition) is 5. The number of halogens is 3. The Labute approximate surface area is 190 Å². The Kier molecular flexibility index (Phi) is 8.21. The van der Waals surface area contributed by atoms with Crippen molar-refractivity contribution < 1.29 is 27.5 Å². The highest BCUT2D eigenvalue weighted by atomic mass is 19.2. The van der Waals surface area contributed by atoms with E-state index in [1.165, 1.54) is 12.1 Å². The first-order chi connectivity index (χ1) is 15.8. The number of Topliss-reactive ketones (excluding diaryl/α,β-unsaturated/α-hetero) is 1. The molecule has 1 amide bonds. The van der Waals surface area contributed by atoms with Gasteiger partial charge in [0.2, 0.25) is 5.91 Å². The van der Waals surface area contributed by atoms with Gasteiger partial charge in [-0.3, -0.25) is 9.59 Å². The number of morpholine rings is 1. The Balaban J connectivity index is 0.000000218. The lowest BCUT2D eigenvalue weighted by molar-refractivity contribution is -0.121. The molecule has 9 heteroatoms. The van der Waals surface area contributed by atoms with Crippen molar-refractivity contribution in [2.24, 2.45) is 11.0 Å². The number of hydrazone groups is 1. The third-order valence-corrected chi connectivity index (χ3v) is 5.42. The Morgan fingerprint density at radius 3 is 2.42 bits per heavy atom. The first kappa shape index (κ1) is 24.4. The maximum atomic E-state index is 14.4. The van der Waals surface area contributed by atoms with E-state index in [0.29, 0.717) is 44.8 Å². The van der Waals surface area contributed by atoms with Crippen molar-refractivity contribution in [1.82, 2.24) is 5.43 Å². The van der Waals surface area contributed by atoms with Crippen LogP contribution in [0.4, 0.5) is 18.9 Å². The summed E-state index contributed by atoms with van der Waals surface area (Å²) < 4.78 is 44.6. The van der Waals surface area contributed by atoms with E-state index in [9.17, 15) is 22.8 Å². The lowest BCUT2D eigenvalue weighted by atomic mass is 9.94. The number of nitrogens with one attached hydrogen (secondary N) is 1. The second kappa shape index (κ2) is 11.1. The molecule has 4 rings (SSSR count). The predicted octanol–water partition coefficient (Wildman–Crippen LogP) is 4.08. The molecular formula is C24H26F3N3O3. The minimum atomic E-state index is -0.977. The minimum Gasteiger partial charge on any atom is -0.378 e. The Morgan fingerprint density at radius 2 is 1.82 bits per heavy atom. The van der Waals surface area contributed by atoms with Gasteiger partial charge in [-0.1, -0.05) is 19.9 Å². The lowest BCUT2D eigenvalue weighted by Crippen LogP contribution is -2.37. The van der Waals surface area contributed by atoms with Crippen LogP contribution in [0, 0.1) is 23.4 Å². The molecule has 2 aromatic rings. The fourth-order valence-electron chi connectivity index (χ4n) is 3.60. The van der Waals surface area contributed by atoms with Crippen molar-refractivity contribution in [2.75, 3.05) is 31.2 Å². The van der Waals surface area contributed by atoms with Crippen LogP contribution in [0.1, 0.15) is 42.6 Å². The first-order valence-corrected chi connectivity index (χ1v) is 10.8. The number of nitrogens with zero attached hydrogens (tertiary/aromatic N) is 2. The highest BCUT2D eigenvalue weighted by Gasteiger charge is 2.23. The van der Waals surface area contributed by atoms with Crippen molar-refractivity contribution in [2.45, 2.75) is 26.7 Å². The monoisotopic (exact) mass is 461 g/mol. The molecule has 1 atom stereocenters. The standard InChI is InChI=1S/C15H18FN3O2.C9H8F2O/c1-10-8-14(20)17-18-15(10)11-2-3-13(12(16)9-11)19-4-6-21-7-5-19;1-2-9(12)6-3-4-7(10)8(11)5-6/h2-3,9-10H,4-8H2,1H3,(H,17,20);3-5H,2H2,1H3/t10-;/m1./s1. The van der Waals surface area contributed by atoms with E-state index in [1.54, 1.807) is 13.0 Å². The van der Waals surface area contributed by atoms with Crippen molar-refractivity contribution in [3.05, 3.63) is 65.0 Å². The van der Waals surface area contributed by atoms with Crippen molar-refractivity contribution in [3.63, 3.8) is 0 Å². The summed E-state index contributed by atoms with van der Waals surface area (Å²) in [6.07, 6.45) is 0.677. The quantitative estimate of drug-likeness (QED) is 0.697. The van der Waals surface area contributed by atoms with Crippen LogP contribution < -0.4 is 10.3 Å². The number of ether oxygens (including phenoxy) is 1. The SMILES string of the molecule is CCC(=O)c1ccc(F)c(F)c1.C[C@@H]1CC(=O)NN=C1c1ccc(N2CCOCC2)c(F)c1. The number of amides is 1. The smallest absolute Gasteiger partial charge is 0.240 e. The maximum absolute atomic E-state index is 14.4. The molecule has 1 N–H and O–H groups in total. The summed E-state index contributed by atoms with van der Waals surface area (Å²) in [4.78, 5) is 24.2. The van der Waals surface area contributed by atoms with E-state index in [4.69, 9.17) is 4.74 Å². The highest BCUT2D eigenvalue weighted by molar-refractivity contribution is 6.05. The van der Waals surface area contributed by atoms with Crippen LogP contribution in [-0.2, 0) is 9.53 Å². The van der Waals surface area contributed by atoms with Gasteiger partial charge >= 0.3 is 0 Å². The van der Waals surface area contributed by atoms with Gasteiger partial charge in [-0.05, 0) is 30.3 Å². The molecule has 0 bridgehead atoms. The van der Waals surface area contributed by atoms with E-state index in [0.717, 1.165) is 23.4 Å². The average Bonchev–Trinajstić information content (AvgIpc) is 2.81. The summed E-state index contributed by atoms with van der Waals surface area (Å²) in [7, 11) is 0. The molecule has 2 heterocycles. The Bertz CT molecular complexity index is 1050. The van der Waals surface area contributed by atoms with Crippen LogP contribution in [0.15, 0.2) is 41.5 Å². The number of hydrogen-bond donors (Lipinski definition) is 1. The Hall–Kier alpha value is -3.20. The molecule has 0 aromatic heterocycles. The van der Waals surface area contributed by atoms with Gasteiger partial charge in [0.15, 0.2) is 17.4 Å². The molecule has 2 aliphatic rings. The fourth-order valence-corrected chi connectivity index (χ4v) is 3.60. The number of carbonyl (C=O) groups is 2. The molecular weight excluding hydrogens is 435 g/mol. The van der Waals surface area contributed by atoms with Crippen molar-refractivity contribution in [1.29, 1.82) is 0 Å². The van der Waals surface area contributed by atoms with Crippen LogP contribution in [0.25, 0.3) is 0 Å². The van der Waals surface area contributed by atoms with Crippen LogP contribution in [-0.4, -0.2) is 43.7 Å². The molecule has 176 valence electrons. The van der Waals surface area contributed by atoms with Crippen molar-refractivity contribution in [3.8, 4) is 0 Å². The average molecular weight is 461 g/mol. The second-order valence-electron chi connectivity index (χ2n) is 7.81. The molecule has 33 heavy (non-hydrogen) atoms. The summed E-state index contributed by atoms with van der Waals surface area (Å²) in [6.45, 7) is 6.23. The lowest BCUT2D eigenvalue weighted by Gasteiger charge is -2.29. The highest BCUT2D eigenvalue weighted by Crippen LogP contribution is 2.24. The number of rotatable bonds is 4. The van der Waals surface area contributed by atoms with E-state index < -0.39 is 11.6 Å². The van der Waals surface area contributed by atoms with Gasteiger partial charge in [-0.15, -0.1) is 0 Å². The number of carbonyl (C=O) groups excluding carboxylic acids is 2. The summed E-state index contributed by atoms with van der Waals surface area (Å²) in [5.74, 6) is -2.46. The molecule has 0 spiro atoms. The number of ketones is 1. The van der Waals surface area contributed by atoms with Crippen molar-refractivity contribution >= 4 is 23.1 Å². The van der Waals surface area contributed by atoms with Crippen LogP contribution >= 0.6 is 0 Å². The molecule has 1 saturated heterocycles. The molecule has 2 aliphatic heterocycles. The minimum absolute atomic E-state index is 0.00705. The zero-order valence-corrected chi connectivity index (χ0v) is 18.5. The summed E-state index contributed by atoms with van der Waals surface area (Å²) in [6, 6.07) is 8.30. The first-order valence-electron chi connectivity index (χ1n) is 10.8. The van der Waals surface area contributed by atoms with Gasteiger partial charge in [-0.25, -0.2) is 18.6 Å². The third kappa shape index (κ3) is 6.19. The predicted molar refractivity (Wildman–Crippen MR) is 119 cm³/mol. The Morgan fingerprint density at radius 1 is 1.09 bits per heavy atom. The third-order valence-electron chi connectivity index (χ3n) is 5.42. The largest absolute Gasteiger partial charge is 0.378 e. The van der Waals surface area contributed by atoms with E-state index in [2.05, 4.69) is 10.5 Å². The van der Waals surface area contributed by atoms with Gasteiger partial charge in [0.1, 0.15) is 5.82 Å². The van der Waals surface area contributed by atoms with Gasteiger partial charge in [0.05, 0.1) is 24.6 Å². The number of anilines is 1. The molecule has 0 aliphatic carbocycles. The van der Waals surface area contributed by atoms with E-state index >= 15 is 0 Å². The van der Waals surface area contributed by atoms with Gasteiger partial charge < -0.3 is 9.64 Å². The number of benzene rings is 2. The van der Waals surface area contributed by atoms with Gasteiger partial charge in [0, 0.05) is 43.0 Å². The summed E-state index contributed by atoms with van der Waals surface area (Å²) in [5, 5.41) is 4.06. The zero-order valence-electron chi connectivity index (χ0n) is 18.5. The molecule has 1 fully saturated rings. The van der Waals surface area contributed by atoms with E-state index in [1.807, 2.05) is 17.9 Å². The normalized spacial score (nSPS) is 18.1. The fraction of sp³-hybridized carbons (Fsp3) is 0.375. The topological polar surface area (TPSA) is 71.0 Å². The maximum Gasteiger partial charge on any atom is 0.240 e. The van der Waals surface area contributed by atoms with Gasteiger partial charge in [0.25, 0.3) is 0 Å². The summed E-state index contributed by atoms with van der Waals surface area (Å²) in [5.41, 5.74) is 4.71. The van der Waals surface area contributed by atoms with Crippen LogP contribution in [0.3, 0.4) is 0 Å². The van der Waals surface area contributed by atoms with E-state index in [-0.39, 0.29) is 29.0 Å². The van der Waals surface area contributed by atoms with Gasteiger partial charge in [-0.2, -0.15) is 5.10 Å². The molecule has 0 saturated carbocycles. The zero-order chi connectivity index (χ0) is 24.0. The molecule has 0 radical (unpaired) electrons. The second-order valence-corrected chi connectivity index (χ2v) is 7.81. The van der Waals surface area contributed by atoms with Crippen LogP contribution in [0.5, 0.6) is 0 Å². The van der Waals surface area contributed by atoms with Crippen LogP contribution in [0.2, 0.25) is 0 Å².